The second-order valence-corrected chi connectivity index (χ2v) is 6.29. The first-order valence-electron chi connectivity index (χ1n) is 7.92. The number of benzene rings is 1. The quantitative estimate of drug-likeness (QED) is 0.894. The standard InChI is InChI=1S/C17H26F2N2/c1-3-17(4-2)7-9-21(10-8-17)12-16(20)13-5-6-14(18)15(19)11-13/h5-6,11,16H,3-4,7-10,12,20H2,1-2H3. The van der Waals surface area contributed by atoms with Gasteiger partial charge in [0.25, 0.3) is 0 Å². The first-order chi connectivity index (χ1) is 9.99. The Morgan fingerprint density at radius 3 is 2.29 bits per heavy atom. The van der Waals surface area contributed by atoms with Crippen molar-refractivity contribution in [2.75, 3.05) is 19.6 Å². The highest BCUT2D eigenvalue weighted by molar-refractivity contribution is 5.21. The zero-order valence-electron chi connectivity index (χ0n) is 13.0. The van der Waals surface area contributed by atoms with Crippen molar-refractivity contribution in [2.45, 2.75) is 45.6 Å². The molecule has 4 heteroatoms. The Hall–Kier alpha value is -1.00. The number of nitrogens with two attached hydrogens (primary N) is 1. The molecule has 118 valence electrons. The fourth-order valence-electron chi connectivity index (χ4n) is 3.29. The average Bonchev–Trinajstić information content (AvgIpc) is 2.51. The largest absolute Gasteiger partial charge is 0.323 e. The summed E-state index contributed by atoms with van der Waals surface area (Å²) < 4.78 is 26.2. The van der Waals surface area contributed by atoms with E-state index < -0.39 is 11.6 Å². The van der Waals surface area contributed by atoms with Crippen LogP contribution < -0.4 is 5.73 Å². The van der Waals surface area contributed by atoms with Crippen LogP contribution in [0.25, 0.3) is 0 Å². The maximum Gasteiger partial charge on any atom is 0.159 e. The Morgan fingerprint density at radius 2 is 1.76 bits per heavy atom. The van der Waals surface area contributed by atoms with E-state index in [1.165, 1.54) is 31.7 Å². The molecule has 2 rings (SSSR count). The van der Waals surface area contributed by atoms with Gasteiger partial charge in [-0.15, -0.1) is 0 Å². The molecule has 2 N–H and O–H groups in total. The number of likely N-dealkylation sites (tertiary alicyclic amines) is 1. The van der Waals surface area contributed by atoms with Gasteiger partial charge in [0.1, 0.15) is 0 Å². The third kappa shape index (κ3) is 3.80. The lowest BCUT2D eigenvalue weighted by Crippen LogP contribution is -2.42. The summed E-state index contributed by atoms with van der Waals surface area (Å²) in [6.45, 7) is 7.32. The van der Waals surface area contributed by atoms with Gasteiger partial charge in [0.15, 0.2) is 11.6 Å². The number of hydrogen-bond donors (Lipinski definition) is 1. The molecule has 1 heterocycles. The molecule has 1 fully saturated rings. The molecular weight excluding hydrogens is 270 g/mol. The van der Waals surface area contributed by atoms with Crippen LogP contribution in [-0.4, -0.2) is 24.5 Å². The number of piperidine rings is 1. The Bertz CT molecular complexity index is 462. The Kier molecular flexibility index (Phi) is 5.33. The molecular formula is C17H26F2N2. The summed E-state index contributed by atoms with van der Waals surface area (Å²) in [7, 11) is 0. The maximum atomic E-state index is 13.3. The minimum absolute atomic E-state index is 0.268. The lowest BCUT2D eigenvalue weighted by molar-refractivity contribution is 0.0914. The molecule has 0 aliphatic carbocycles. The average molecular weight is 296 g/mol. The first kappa shape index (κ1) is 16.4. The molecule has 0 spiro atoms. The molecule has 1 atom stereocenters. The highest BCUT2D eigenvalue weighted by atomic mass is 19.2. The van der Waals surface area contributed by atoms with Gasteiger partial charge >= 0.3 is 0 Å². The monoisotopic (exact) mass is 296 g/mol. The third-order valence-corrected chi connectivity index (χ3v) is 5.24. The van der Waals surface area contributed by atoms with E-state index in [0.717, 1.165) is 19.2 Å². The van der Waals surface area contributed by atoms with Crippen LogP contribution in [0, 0.1) is 17.0 Å². The van der Waals surface area contributed by atoms with Crippen LogP contribution in [-0.2, 0) is 0 Å². The smallest absolute Gasteiger partial charge is 0.159 e. The van der Waals surface area contributed by atoms with Crippen molar-refractivity contribution in [2.24, 2.45) is 11.1 Å². The number of hydrogen-bond acceptors (Lipinski definition) is 2. The topological polar surface area (TPSA) is 29.3 Å². The van der Waals surface area contributed by atoms with E-state index in [-0.39, 0.29) is 6.04 Å². The van der Waals surface area contributed by atoms with Crippen LogP contribution in [0.5, 0.6) is 0 Å². The molecule has 1 aromatic rings. The molecule has 0 amide bonds. The van der Waals surface area contributed by atoms with Gasteiger partial charge < -0.3 is 10.6 Å². The summed E-state index contributed by atoms with van der Waals surface area (Å²) in [6, 6.07) is 3.68. The molecule has 1 aromatic carbocycles. The molecule has 2 nitrogen and oxygen atoms in total. The van der Waals surface area contributed by atoms with Crippen molar-refractivity contribution >= 4 is 0 Å². The van der Waals surface area contributed by atoms with Gasteiger partial charge in [0, 0.05) is 12.6 Å². The second-order valence-electron chi connectivity index (χ2n) is 6.29. The second kappa shape index (κ2) is 6.84. The van der Waals surface area contributed by atoms with Gasteiger partial charge in [-0.05, 0) is 49.0 Å². The summed E-state index contributed by atoms with van der Waals surface area (Å²) in [6.07, 6.45) is 4.86. The summed E-state index contributed by atoms with van der Waals surface area (Å²) >= 11 is 0. The molecule has 21 heavy (non-hydrogen) atoms. The van der Waals surface area contributed by atoms with Gasteiger partial charge in [0.05, 0.1) is 0 Å². The minimum Gasteiger partial charge on any atom is -0.323 e. The van der Waals surface area contributed by atoms with Crippen molar-refractivity contribution in [1.29, 1.82) is 0 Å². The molecule has 0 saturated carbocycles. The van der Waals surface area contributed by atoms with Gasteiger partial charge in [-0.3, -0.25) is 0 Å². The zero-order valence-corrected chi connectivity index (χ0v) is 13.0. The molecule has 0 aromatic heterocycles. The van der Waals surface area contributed by atoms with Crippen LogP contribution in [0.1, 0.15) is 51.1 Å². The van der Waals surface area contributed by atoms with E-state index in [2.05, 4.69) is 18.7 Å². The fourth-order valence-corrected chi connectivity index (χ4v) is 3.29. The van der Waals surface area contributed by atoms with Crippen molar-refractivity contribution in [3.05, 3.63) is 35.4 Å². The molecule has 0 bridgehead atoms. The van der Waals surface area contributed by atoms with E-state index in [4.69, 9.17) is 5.73 Å². The van der Waals surface area contributed by atoms with Crippen LogP contribution in [0.4, 0.5) is 8.78 Å². The lowest BCUT2D eigenvalue weighted by Gasteiger charge is -2.41. The van der Waals surface area contributed by atoms with Crippen LogP contribution in [0.2, 0.25) is 0 Å². The van der Waals surface area contributed by atoms with Crippen LogP contribution in [0.3, 0.4) is 0 Å². The van der Waals surface area contributed by atoms with E-state index >= 15 is 0 Å². The van der Waals surface area contributed by atoms with E-state index in [9.17, 15) is 8.78 Å². The highest BCUT2D eigenvalue weighted by Gasteiger charge is 2.31. The van der Waals surface area contributed by atoms with Gasteiger partial charge in [-0.2, -0.15) is 0 Å². The molecule has 1 aliphatic rings. The third-order valence-electron chi connectivity index (χ3n) is 5.24. The van der Waals surface area contributed by atoms with Crippen molar-refractivity contribution < 1.29 is 8.78 Å². The lowest BCUT2D eigenvalue weighted by atomic mass is 9.74. The first-order valence-corrected chi connectivity index (χ1v) is 7.92. The predicted octanol–water partition coefficient (Wildman–Crippen LogP) is 3.87. The van der Waals surface area contributed by atoms with Crippen molar-refractivity contribution in [3.63, 3.8) is 0 Å². The number of rotatable bonds is 5. The van der Waals surface area contributed by atoms with E-state index in [0.29, 0.717) is 17.5 Å². The summed E-state index contributed by atoms with van der Waals surface area (Å²) in [5.41, 5.74) is 7.30. The Balaban J connectivity index is 1.92. The predicted molar refractivity (Wildman–Crippen MR) is 82.0 cm³/mol. The van der Waals surface area contributed by atoms with E-state index in [1.807, 2.05) is 0 Å². The Labute approximate surface area is 126 Å². The summed E-state index contributed by atoms with van der Waals surface area (Å²) in [4.78, 5) is 2.34. The minimum atomic E-state index is -0.822. The van der Waals surface area contributed by atoms with Crippen molar-refractivity contribution in [1.82, 2.24) is 4.90 Å². The molecule has 0 radical (unpaired) electrons. The van der Waals surface area contributed by atoms with Crippen LogP contribution in [0.15, 0.2) is 18.2 Å². The zero-order chi connectivity index (χ0) is 15.5. The fraction of sp³-hybridized carbons (Fsp3) is 0.647. The summed E-state index contributed by atoms with van der Waals surface area (Å²) in [5, 5.41) is 0. The Morgan fingerprint density at radius 1 is 1.14 bits per heavy atom. The highest BCUT2D eigenvalue weighted by Crippen LogP contribution is 2.38. The molecule has 1 saturated heterocycles. The van der Waals surface area contributed by atoms with Crippen molar-refractivity contribution in [3.8, 4) is 0 Å². The van der Waals surface area contributed by atoms with Gasteiger partial charge in [-0.25, -0.2) is 8.78 Å². The molecule has 1 unspecified atom stereocenters. The SMILES string of the molecule is CCC1(CC)CCN(CC(N)c2ccc(F)c(F)c2)CC1. The summed E-state index contributed by atoms with van der Waals surface area (Å²) in [5.74, 6) is -1.64. The van der Waals surface area contributed by atoms with E-state index in [1.54, 1.807) is 6.07 Å². The van der Waals surface area contributed by atoms with Gasteiger partial charge in [0.2, 0.25) is 0 Å². The molecule has 1 aliphatic heterocycles. The number of nitrogens with zero attached hydrogens (tertiary/aromatic N) is 1. The normalized spacial score (nSPS) is 20.4. The van der Waals surface area contributed by atoms with Gasteiger partial charge in [-0.1, -0.05) is 32.8 Å². The maximum absolute atomic E-state index is 13.3. The van der Waals surface area contributed by atoms with Crippen LogP contribution >= 0.6 is 0 Å². The number of halogens is 2.